The predicted molar refractivity (Wildman–Crippen MR) is 182 cm³/mol. The maximum absolute atomic E-state index is 13.9. The molecule has 10 nitrogen and oxygen atoms in total. The number of carbonyl (C=O) groups is 2. The maximum atomic E-state index is 13.9. The molecule has 1 aromatic carbocycles. The zero-order valence-electron chi connectivity index (χ0n) is 27.7. The second kappa shape index (κ2) is 11.5. The van der Waals surface area contributed by atoms with Gasteiger partial charge in [0.1, 0.15) is 11.3 Å². The fourth-order valence-electron chi connectivity index (χ4n) is 7.44. The number of nitrogens with zero attached hydrogens (tertiary/aromatic N) is 6. The Morgan fingerprint density at radius 3 is 2.50 bits per heavy atom. The number of nitrogens with one attached hydrogen (secondary N) is 2. The van der Waals surface area contributed by atoms with Crippen LogP contribution in [0, 0.1) is 6.92 Å². The van der Waals surface area contributed by atoms with E-state index >= 15 is 0 Å². The molecule has 3 aliphatic rings. The summed E-state index contributed by atoms with van der Waals surface area (Å²) in [5.41, 5.74) is 6.16. The summed E-state index contributed by atoms with van der Waals surface area (Å²) >= 11 is 0. The molecule has 3 aromatic heterocycles. The first-order valence-electron chi connectivity index (χ1n) is 16.6. The number of pyridine rings is 2. The molecule has 1 aliphatic carbocycles. The summed E-state index contributed by atoms with van der Waals surface area (Å²) in [5, 5.41) is 6.11. The number of hydrogen-bond donors (Lipinski definition) is 2. The lowest BCUT2D eigenvalue weighted by Gasteiger charge is -2.48. The molecular formula is C36H44N8O2. The number of likely N-dealkylation sites (tertiary alicyclic amines) is 1. The van der Waals surface area contributed by atoms with E-state index in [2.05, 4.69) is 62.0 Å². The number of aromatic nitrogens is 4. The summed E-state index contributed by atoms with van der Waals surface area (Å²) in [6.45, 7) is 12.5. The molecule has 2 aliphatic heterocycles. The zero-order valence-corrected chi connectivity index (χ0v) is 27.7. The van der Waals surface area contributed by atoms with E-state index in [1.807, 2.05) is 33.2 Å². The van der Waals surface area contributed by atoms with Gasteiger partial charge in [-0.05, 0) is 103 Å². The lowest BCUT2D eigenvalue weighted by molar-refractivity contribution is -0.123. The highest BCUT2D eigenvalue weighted by Gasteiger charge is 2.50. The van der Waals surface area contributed by atoms with Crippen LogP contribution in [0.3, 0.4) is 0 Å². The Kier molecular flexibility index (Phi) is 7.58. The molecule has 0 radical (unpaired) electrons. The highest BCUT2D eigenvalue weighted by molar-refractivity contribution is 6.09. The Balaban J connectivity index is 1.26. The van der Waals surface area contributed by atoms with E-state index in [0.29, 0.717) is 23.2 Å². The van der Waals surface area contributed by atoms with E-state index < -0.39 is 5.41 Å². The van der Waals surface area contributed by atoms with Crippen molar-refractivity contribution in [3.8, 4) is 11.3 Å². The van der Waals surface area contributed by atoms with E-state index in [4.69, 9.17) is 9.97 Å². The normalized spacial score (nSPS) is 21.0. The molecule has 240 valence electrons. The third kappa shape index (κ3) is 5.03. The first-order valence-corrected chi connectivity index (χ1v) is 16.6. The average Bonchev–Trinajstić information content (AvgIpc) is 3.55. The Morgan fingerprint density at radius 1 is 1.02 bits per heavy atom. The van der Waals surface area contributed by atoms with Gasteiger partial charge in [0.2, 0.25) is 5.91 Å². The van der Waals surface area contributed by atoms with Crippen LogP contribution in [0.4, 0.5) is 17.3 Å². The molecule has 0 bridgehead atoms. The van der Waals surface area contributed by atoms with Gasteiger partial charge in [0.15, 0.2) is 5.82 Å². The first-order chi connectivity index (χ1) is 22.1. The van der Waals surface area contributed by atoms with Crippen molar-refractivity contribution >= 4 is 40.2 Å². The summed E-state index contributed by atoms with van der Waals surface area (Å²) in [6.07, 6.45) is 9.47. The molecular weight excluding hydrogens is 576 g/mol. The quantitative estimate of drug-likeness (QED) is 0.256. The number of piperidine rings is 1. The Hall–Kier alpha value is -4.31. The van der Waals surface area contributed by atoms with Gasteiger partial charge in [0, 0.05) is 48.2 Å². The SMILES string of the molecule is CNC(=O)c1cc(Nc2nc(-c3ccc4c(c3)N(C3CC(N5CCCCC5)C3)C(=O)C4(C)C)cc3ncn(C(C)C)c23)ncc1C. The van der Waals surface area contributed by atoms with Gasteiger partial charge in [0.05, 0.1) is 23.0 Å². The van der Waals surface area contributed by atoms with Crippen molar-refractivity contribution in [2.24, 2.45) is 0 Å². The maximum Gasteiger partial charge on any atom is 0.251 e. The zero-order chi connectivity index (χ0) is 32.3. The largest absolute Gasteiger partial charge is 0.355 e. The third-order valence-corrected chi connectivity index (χ3v) is 10.3. The number of rotatable bonds is 7. The van der Waals surface area contributed by atoms with Crippen molar-refractivity contribution in [2.45, 2.75) is 90.3 Å². The van der Waals surface area contributed by atoms with E-state index in [1.165, 1.54) is 32.4 Å². The van der Waals surface area contributed by atoms with Crippen LogP contribution in [0.1, 0.15) is 87.3 Å². The van der Waals surface area contributed by atoms with Crippen molar-refractivity contribution in [1.82, 2.24) is 29.7 Å². The molecule has 1 saturated heterocycles. The monoisotopic (exact) mass is 620 g/mol. The van der Waals surface area contributed by atoms with Crippen LogP contribution in [-0.4, -0.2) is 68.5 Å². The summed E-state index contributed by atoms with van der Waals surface area (Å²) in [7, 11) is 1.62. The Morgan fingerprint density at radius 2 is 1.78 bits per heavy atom. The fourth-order valence-corrected chi connectivity index (χ4v) is 7.44. The van der Waals surface area contributed by atoms with Gasteiger partial charge in [-0.2, -0.15) is 0 Å². The van der Waals surface area contributed by atoms with Gasteiger partial charge in [-0.15, -0.1) is 0 Å². The summed E-state index contributed by atoms with van der Waals surface area (Å²) in [4.78, 5) is 45.6. The molecule has 7 rings (SSSR count). The third-order valence-electron chi connectivity index (χ3n) is 10.3. The lowest BCUT2D eigenvalue weighted by atomic mass is 9.82. The highest BCUT2D eigenvalue weighted by Crippen LogP contribution is 2.48. The molecule has 46 heavy (non-hydrogen) atoms. The number of anilines is 3. The number of fused-ring (bicyclic) bond motifs is 2. The molecule has 2 amide bonds. The molecule has 0 unspecified atom stereocenters. The average molecular weight is 621 g/mol. The van der Waals surface area contributed by atoms with Crippen LogP contribution < -0.4 is 15.5 Å². The fraction of sp³-hybridized carbons (Fsp3) is 0.472. The summed E-state index contributed by atoms with van der Waals surface area (Å²) in [6, 6.07) is 11.0. The summed E-state index contributed by atoms with van der Waals surface area (Å²) < 4.78 is 2.09. The smallest absolute Gasteiger partial charge is 0.251 e. The van der Waals surface area contributed by atoms with Gasteiger partial charge in [0.25, 0.3) is 5.91 Å². The molecule has 2 N–H and O–H groups in total. The van der Waals surface area contributed by atoms with Crippen LogP contribution in [0.2, 0.25) is 0 Å². The van der Waals surface area contributed by atoms with Crippen LogP contribution in [-0.2, 0) is 10.2 Å². The Labute approximate surface area is 270 Å². The standard InChI is InChI=1S/C36H44N8O2/c1-21(2)43-20-39-29-18-28(40-33(32(29)43)41-31-17-26(34(45)37-6)22(3)19-38-31)23-10-11-27-30(14-23)44(35(46)36(27,4)5)25-15-24(16-25)42-12-8-7-9-13-42/h10-11,14,17-21,24-25H,7-9,12-13,15-16H2,1-6H3,(H,37,45)(H,38,40,41). The minimum atomic E-state index is -0.580. The number of amides is 2. The molecule has 1 saturated carbocycles. The lowest BCUT2D eigenvalue weighted by Crippen LogP contribution is -2.57. The predicted octanol–water partition coefficient (Wildman–Crippen LogP) is 6.13. The van der Waals surface area contributed by atoms with Crippen molar-refractivity contribution < 1.29 is 9.59 Å². The number of hydrogen-bond acceptors (Lipinski definition) is 7. The molecule has 5 heterocycles. The number of benzene rings is 1. The van der Waals surface area contributed by atoms with Crippen LogP contribution >= 0.6 is 0 Å². The second-order valence-corrected chi connectivity index (χ2v) is 14.0. The molecule has 0 atom stereocenters. The van der Waals surface area contributed by atoms with Crippen LogP contribution in [0.25, 0.3) is 22.3 Å². The minimum absolute atomic E-state index is 0.156. The highest BCUT2D eigenvalue weighted by atomic mass is 16.2. The number of carbonyl (C=O) groups excluding carboxylic acids is 2. The van der Waals surface area contributed by atoms with E-state index in [-0.39, 0.29) is 23.9 Å². The van der Waals surface area contributed by atoms with Gasteiger partial charge in [-0.3, -0.25) is 9.59 Å². The van der Waals surface area contributed by atoms with Crippen LogP contribution in [0.5, 0.6) is 0 Å². The topological polar surface area (TPSA) is 108 Å². The van der Waals surface area contributed by atoms with Crippen molar-refractivity contribution in [3.05, 3.63) is 59.5 Å². The van der Waals surface area contributed by atoms with Gasteiger partial charge < -0.3 is 25.0 Å². The summed E-state index contributed by atoms with van der Waals surface area (Å²) in [5.74, 6) is 1.14. The Bertz CT molecular complexity index is 1830. The van der Waals surface area contributed by atoms with E-state index in [9.17, 15) is 9.59 Å². The van der Waals surface area contributed by atoms with Gasteiger partial charge >= 0.3 is 0 Å². The van der Waals surface area contributed by atoms with E-state index in [0.717, 1.165) is 51.9 Å². The van der Waals surface area contributed by atoms with Crippen molar-refractivity contribution in [1.29, 1.82) is 0 Å². The second-order valence-electron chi connectivity index (χ2n) is 14.0. The van der Waals surface area contributed by atoms with Gasteiger partial charge in [-0.25, -0.2) is 15.0 Å². The van der Waals surface area contributed by atoms with Crippen LogP contribution in [0.15, 0.2) is 42.9 Å². The first kappa shape index (κ1) is 30.3. The van der Waals surface area contributed by atoms with Crippen molar-refractivity contribution in [2.75, 3.05) is 30.4 Å². The van der Waals surface area contributed by atoms with Gasteiger partial charge in [-0.1, -0.05) is 18.6 Å². The number of aryl methyl sites for hydroxylation is 1. The molecule has 0 spiro atoms. The molecule has 2 fully saturated rings. The minimum Gasteiger partial charge on any atom is -0.355 e. The van der Waals surface area contributed by atoms with E-state index in [1.54, 1.807) is 19.3 Å². The molecule has 10 heteroatoms. The number of imidazole rings is 1. The van der Waals surface area contributed by atoms with Crippen molar-refractivity contribution in [3.63, 3.8) is 0 Å². The molecule has 4 aromatic rings.